The molecule has 10 rings (SSSR count). The summed E-state index contributed by atoms with van der Waals surface area (Å²) in [5, 5.41) is 8.08. The van der Waals surface area contributed by atoms with Crippen molar-refractivity contribution in [2.45, 2.75) is 0 Å². The molecule has 44 heavy (non-hydrogen) atoms. The highest BCUT2D eigenvalue weighted by molar-refractivity contribution is 7.26. The van der Waals surface area contributed by atoms with Gasteiger partial charge in [0.15, 0.2) is 0 Å². The molecule has 5 heteroatoms. The summed E-state index contributed by atoms with van der Waals surface area (Å²) in [6.45, 7) is 0. The smallest absolute Gasteiger partial charge is 0.137 e. The zero-order chi connectivity index (χ0) is 28.8. The van der Waals surface area contributed by atoms with Gasteiger partial charge in [-0.05, 0) is 60.7 Å². The Morgan fingerprint density at radius 1 is 0.477 bits per heavy atom. The molecule has 4 nitrogen and oxygen atoms in total. The molecular formula is C39H22N2O2S. The highest BCUT2D eigenvalue weighted by Crippen LogP contribution is 2.44. The summed E-state index contributed by atoms with van der Waals surface area (Å²) in [6, 6.07) is 44.7. The van der Waals surface area contributed by atoms with Crippen molar-refractivity contribution >= 4 is 103 Å². The van der Waals surface area contributed by atoms with Crippen molar-refractivity contribution in [2.75, 3.05) is 4.90 Å². The molecule has 0 N–H and O–H groups in total. The summed E-state index contributed by atoms with van der Waals surface area (Å²) in [7, 11) is 0. The molecule has 10 aromatic rings. The minimum Gasteiger partial charge on any atom is -0.456 e. The van der Waals surface area contributed by atoms with Gasteiger partial charge in [-0.15, -0.1) is 11.3 Å². The van der Waals surface area contributed by atoms with Crippen molar-refractivity contribution in [1.82, 2.24) is 4.98 Å². The van der Waals surface area contributed by atoms with E-state index in [1.54, 1.807) is 11.3 Å². The number of hydrogen-bond donors (Lipinski definition) is 0. The van der Waals surface area contributed by atoms with Crippen LogP contribution in [0.5, 0.6) is 0 Å². The van der Waals surface area contributed by atoms with E-state index < -0.39 is 0 Å². The van der Waals surface area contributed by atoms with E-state index in [-0.39, 0.29) is 0 Å². The number of benzene rings is 6. The Balaban J connectivity index is 1.22. The van der Waals surface area contributed by atoms with Crippen molar-refractivity contribution < 1.29 is 8.83 Å². The van der Waals surface area contributed by atoms with Crippen LogP contribution in [0, 0.1) is 0 Å². The third-order valence-electron chi connectivity index (χ3n) is 8.69. The summed E-state index contributed by atoms with van der Waals surface area (Å²) >= 11 is 1.80. The first kappa shape index (κ1) is 23.9. The standard InChI is InChI=1S/C39H22N2O2S/c1-3-9-33-27(7-1)29-16-12-25(21-36(29)43-33)41(24-14-18-35-32(20-24)28-8-2-4-10-34(28)42-35)26-13-17-30-31-15-11-23-6-5-19-40-38(23)39(31)44-37(30)22-26/h1-22H. The van der Waals surface area contributed by atoms with Gasteiger partial charge in [-0.25, -0.2) is 0 Å². The van der Waals surface area contributed by atoms with Crippen LogP contribution in [0.1, 0.15) is 0 Å². The van der Waals surface area contributed by atoms with Gasteiger partial charge in [-0.3, -0.25) is 4.98 Å². The van der Waals surface area contributed by atoms with Gasteiger partial charge in [-0.2, -0.15) is 0 Å². The molecule has 0 atom stereocenters. The lowest BCUT2D eigenvalue weighted by atomic mass is 10.1. The molecule has 0 unspecified atom stereocenters. The Bertz CT molecular complexity index is 2750. The Hall–Kier alpha value is -5.65. The molecule has 0 spiro atoms. The lowest BCUT2D eigenvalue weighted by Crippen LogP contribution is -2.09. The molecule has 0 aliphatic carbocycles. The summed E-state index contributed by atoms with van der Waals surface area (Å²) < 4.78 is 15.0. The number of thiophene rings is 1. The lowest BCUT2D eigenvalue weighted by molar-refractivity contribution is 0.668. The van der Waals surface area contributed by atoms with E-state index in [0.29, 0.717) is 0 Å². The number of para-hydroxylation sites is 2. The van der Waals surface area contributed by atoms with Gasteiger partial charge in [0.05, 0.1) is 10.2 Å². The molecule has 4 aromatic heterocycles. The molecule has 0 bridgehead atoms. The first-order valence-corrected chi connectivity index (χ1v) is 15.4. The van der Waals surface area contributed by atoms with Gasteiger partial charge >= 0.3 is 0 Å². The molecule has 0 fully saturated rings. The third kappa shape index (κ3) is 3.41. The predicted molar refractivity (Wildman–Crippen MR) is 184 cm³/mol. The molecule has 0 saturated carbocycles. The second-order valence-corrected chi connectivity index (χ2v) is 12.2. The molecule has 6 aromatic carbocycles. The SMILES string of the molecule is c1cnc2c(c1)ccc1c3ccc(N(c4ccc5c(c4)oc4ccccc45)c4ccc5oc6ccccc6c5c4)cc3sc12. The number of aromatic nitrogens is 1. The highest BCUT2D eigenvalue weighted by Gasteiger charge is 2.19. The molecule has 0 aliphatic heterocycles. The maximum Gasteiger partial charge on any atom is 0.137 e. The highest BCUT2D eigenvalue weighted by atomic mass is 32.1. The molecular weight excluding hydrogens is 561 g/mol. The average molecular weight is 583 g/mol. The largest absolute Gasteiger partial charge is 0.456 e. The Morgan fingerprint density at radius 2 is 1.11 bits per heavy atom. The quantitative estimate of drug-likeness (QED) is 0.208. The molecule has 0 saturated heterocycles. The number of rotatable bonds is 3. The van der Waals surface area contributed by atoms with Crippen LogP contribution in [0.25, 0.3) is 75.0 Å². The van der Waals surface area contributed by atoms with Crippen molar-refractivity contribution in [3.8, 4) is 0 Å². The minimum atomic E-state index is 0.865. The predicted octanol–water partition coefficient (Wildman–Crippen LogP) is 11.9. The van der Waals surface area contributed by atoms with Crippen molar-refractivity contribution in [2.24, 2.45) is 0 Å². The normalized spacial score (nSPS) is 12.1. The number of furan rings is 2. The fourth-order valence-corrected chi connectivity index (χ4v) is 7.90. The van der Waals surface area contributed by atoms with Crippen molar-refractivity contribution in [3.63, 3.8) is 0 Å². The van der Waals surface area contributed by atoms with E-state index in [1.165, 1.54) is 20.2 Å². The molecule has 0 aliphatic rings. The first-order chi connectivity index (χ1) is 21.8. The zero-order valence-electron chi connectivity index (χ0n) is 23.3. The van der Waals surface area contributed by atoms with E-state index in [9.17, 15) is 0 Å². The van der Waals surface area contributed by atoms with Gasteiger partial charge in [0.25, 0.3) is 0 Å². The fraction of sp³-hybridized carbons (Fsp3) is 0. The van der Waals surface area contributed by atoms with Gasteiger partial charge in [0.2, 0.25) is 0 Å². The maximum atomic E-state index is 6.33. The molecule has 206 valence electrons. The average Bonchev–Trinajstić information content (AvgIpc) is 3.75. The van der Waals surface area contributed by atoms with Crippen molar-refractivity contribution in [1.29, 1.82) is 0 Å². The third-order valence-corrected chi connectivity index (χ3v) is 9.87. The van der Waals surface area contributed by atoms with Crippen LogP contribution in [0.4, 0.5) is 17.1 Å². The van der Waals surface area contributed by atoms with Crippen molar-refractivity contribution in [3.05, 3.63) is 134 Å². The summed E-state index contributed by atoms with van der Waals surface area (Å²) in [5.41, 5.74) is 7.72. The molecule has 4 heterocycles. The maximum absolute atomic E-state index is 6.33. The van der Waals surface area contributed by atoms with Crippen LogP contribution in [-0.2, 0) is 0 Å². The number of anilines is 3. The van der Waals surface area contributed by atoms with Crippen LogP contribution in [0.3, 0.4) is 0 Å². The summed E-state index contributed by atoms with van der Waals surface area (Å²) in [4.78, 5) is 7.05. The lowest BCUT2D eigenvalue weighted by Gasteiger charge is -2.25. The molecule has 0 amide bonds. The topological polar surface area (TPSA) is 42.4 Å². The summed E-state index contributed by atoms with van der Waals surface area (Å²) in [6.07, 6.45) is 1.88. The number of fused-ring (bicyclic) bond motifs is 11. The Labute approximate surface area is 255 Å². The van der Waals surface area contributed by atoms with Crippen LogP contribution in [-0.4, -0.2) is 4.98 Å². The van der Waals surface area contributed by atoms with Crippen LogP contribution >= 0.6 is 11.3 Å². The van der Waals surface area contributed by atoms with Crippen LogP contribution < -0.4 is 4.90 Å². The Kier molecular flexibility index (Phi) is 4.84. The van der Waals surface area contributed by atoms with E-state index in [4.69, 9.17) is 13.8 Å². The fourth-order valence-electron chi connectivity index (χ4n) is 6.65. The number of nitrogens with zero attached hydrogens (tertiary/aromatic N) is 2. The number of pyridine rings is 1. The van der Waals surface area contributed by atoms with E-state index in [0.717, 1.165) is 71.8 Å². The second kappa shape index (κ2) is 8.93. The van der Waals surface area contributed by atoms with Gasteiger partial charge in [-0.1, -0.05) is 60.7 Å². The van der Waals surface area contributed by atoms with E-state index >= 15 is 0 Å². The Morgan fingerprint density at radius 3 is 1.98 bits per heavy atom. The van der Waals surface area contributed by atoms with Gasteiger partial charge < -0.3 is 13.7 Å². The number of hydrogen-bond acceptors (Lipinski definition) is 5. The zero-order valence-corrected chi connectivity index (χ0v) is 24.1. The van der Waals surface area contributed by atoms with E-state index in [1.807, 2.05) is 36.5 Å². The van der Waals surface area contributed by atoms with Gasteiger partial charge in [0.1, 0.15) is 22.3 Å². The minimum absolute atomic E-state index is 0.865. The van der Waals surface area contributed by atoms with Crippen LogP contribution in [0.15, 0.2) is 142 Å². The second-order valence-electron chi connectivity index (χ2n) is 11.2. The summed E-state index contributed by atoms with van der Waals surface area (Å²) in [5.74, 6) is 0. The van der Waals surface area contributed by atoms with E-state index in [2.05, 4.69) is 102 Å². The van der Waals surface area contributed by atoms with Crippen LogP contribution in [0.2, 0.25) is 0 Å². The first-order valence-electron chi connectivity index (χ1n) is 14.6. The monoisotopic (exact) mass is 582 g/mol. The van der Waals surface area contributed by atoms with Gasteiger partial charge in [0, 0.05) is 71.7 Å². The molecule has 0 radical (unpaired) electrons.